The largest absolute Gasteiger partial charge is 0.298 e. The zero-order valence-corrected chi connectivity index (χ0v) is 12.3. The summed E-state index contributed by atoms with van der Waals surface area (Å²) in [6.07, 6.45) is 3.88. The van der Waals surface area contributed by atoms with Crippen LogP contribution >= 0.6 is 11.3 Å². The highest BCUT2D eigenvalue weighted by Crippen LogP contribution is 2.40. The van der Waals surface area contributed by atoms with Crippen molar-refractivity contribution in [3.8, 4) is 5.69 Å². The second-order valence-corrected chi connectivity index (χ2v) is 5.97. The number of nitrogens with zero attached hydrogens (tertiary/aromatic N) is 5. The molecule has 1 N–H and O–H groups in total. The number of anilines is 1. The number of tetrazole rings is 1. The van der Waals surface area contributed by atoms with Gasteiger partial charge in [0.05, 0.1) is 11.4 Å². The Bertz CT molecular complexity index is 808. The molecule has 0 atom stereocenters. The molecule has 0 radical (unpaired) electrons. The van der Waals surface area contributed by atoms with Crippen molar-refractivity contribution in [1.82, 2.24) is 25.2 Å². The van der Waals surface area contributed by atoms with Crippen LogP contribution in [-0.2, 0) is 0 Å². The standard InChI is InChI=1S/C14H12N6OS/c21-13(17-14-16-12(7-22-14)9-4-5-9)10-2-1-3-11(6-10)20-8-15-18-19-20/h1-3,6-9H,4-5H2,(H,16,17,21). The van der Waals surface area contributed by atoms with Gasteiger partial charge in [-0.3, -0.25) is 10.1 Å². The van der Waals surface area contributed by atoms with E-state index in [-0.39, 0.29) is 5.91 Å². The topological polar surface area (TPSA) is 85.6 Å². The minimum atomic E-state index is -0.188. The van der Waals surface area contributed by atoms with Crippen LogP contribution in [0.1, 0.15) is 34.8 Å². The Labute approximate surface area is 130 Å². The molecule has 0 bridgehead atoms. The minimum Gasteiger partial charge on any atom is -0.298 e. The fourth-order valence-electron chi connectivity index (χ4n) is 2.15. The van der Waals surface area contributed by atoms with Gasteiger partial charge in [0.15, 0.2) is 5.13 Å². The molecule has 0 unspecified atom stereocenters. The van der Waals surface area contributed by atoms with Crippen LogP contribution < -0.4 is 5.32 Å². The summed E-state index contributed by atoms with van der Waals surface area (Å²) in [5.41, 5.74) is 2.36. The normalized spacial score (nSPS) is 14.0. The lowest BCUT2D eigenvalue weighted by Crippen LogP contribution is -2.12. The van der Waals surface area contributed by atoms with Crippen molar-refractivity contribution in [2.75, 3.05) is 5.32 Å². The van der Waals surface area contributed by atoms with Crippen LogP contribution in [0, 0.1) is 0 Å². The van der Waals surface area contributed by atoms with Gasteiger partial charge in [0.1, 0.15) is 6.33 Å². The summed E-state index contributed by atoms with van der Waals surface area (Å²) in [4.78, 5) is 16.8. The van der Waals surface area contributed by atoms with Gasteiger partial charge in [-0.2, -0.15) is 0 Å². The van der Waals surface area contributed by atoms with E-state index in [0.29, 0.717) is 16.6 Å². The predicted octanol–water partition coefficient (Wildman–Crippen LogP) is 2.25. The number of rotatable bonds is 4. The van der Waals surface area contributed by atoms with Crippen molar-refractivity contribution < 1.29 is 4.79 Å². The Morgan fingerprint density at radius 3 is 3.05 bits per heavy atom. The van der Waals surface area contributed by atoms with E-state index in [0.717, 1.165) is 11.4 Å². The van der Waals surface area contributed by atoms with Gasteiger partial charge >= 0.3 is 0 Å². The number of hydrogen-bond donors (Lipinski definition) is 1. The first-order valence-corrected chi connectivity index (χ1v) is 7.78. The van der Waals surface area contributed by atoms with Crippen LogP contribution in [0.4, 0.5) is 5.13 Å². The molecule has 110 valence electrons. The first kappa shape index (κ1) is 13.1. The molecule has 0 aliphatic heterocycles. The number of benzene rings is 1. The summed E-state index contributed by atoms with van der Waals surface area (Å²) in [7, 11) is 0. The summed E-state index contributed by atoms with van der Waals surface area (Å²) >= 11 is 1.46. The van der Waals surface area contributed by atoms with E-state index in [1.54, 1.807) is 18.2 Å². The van der Waals surface area contributed by atoms with E-state index < -0.39 is 0 Å². The first-order chi connectivity index (χ1) is 10.8. The summed E-state index contributed by atoms with van der Waals surface area (Å²) in [6.45, 7) is 0. The average Bonchev–Trinajstić information content (AvgIpc) is 3.06. The monoisotopic (exact) mass is 312 g/mol. The molecule has 22 heavy (non-hydrogen) atoms. The van der Waals surface area contributed by atoms with Crippen molar-refractivity contribution in [2.24, 2.45) is 0 Å². The SMILES string of the molecule is O=C(Nc1nc(C2CC2)cs1)c1cccc(-n2cnnn2)c1. The Morgan fingerprint density at radius 2 is 2.27 bits per heavy atom. The lowest BCUT2D eigenvalue weighted by atomic mass is 10.2. The van der Waals surface area contributed by atoms with Crippen molar-refractivity contribution in [3.63, 3.8) is 0 Å². The Morgan fingerprint density at radius 1 is 1.36 bits per heavy atom. The maximum Gasteiger partial charge on any atom is 0.257 e. The quantitative estimate of drug-likeness (QED) is 0.798. The van der Waals surface area contributed by atoms with E-state index in [4.69, 9.17) is 0 Å². The number of hydrogen-bond acceptors (Lipinski definition) is 6. The van der Waals surface area contributed by atoms with Crippen LogP contribution in [0.2, 0.25) is 0 Å². The highest BCUT2D eigenvalue weighted by Gasteiger charge is 2.26. The average molecular weight is 312 g/mol. The molecule has 1 aliphatic rings. The van der Waals surface area contributed by atoms with E-state index >= 15 is 0 Å². The molecule has 1 amide bonds. The van der Waals surface area contributed by atoms with Gasteiger partial charge in [-0.15, -0.1) is 16.4 Å². The van der Waals surface area contributed by atoms with Crippen molar-refractivity contribution in [1.29, 1.82) is 0 Å². The molecule has 2 heterocycles. The van der Waals surface area contributed by atoms with Crippen LogP contribution in [0.3, 0.4) is 0 Å². The van der Waals surface area contributed by atoms with Gasteiger partial charge in [0.25, 0.3) is 5.91 Å². The molecule has 2 aromatic heterocycles. The molecular weight excluding hydrogens is 300 g/mol. The molecule has 4 rings (SSSR count). The Kier molecular flexibility index (Phi) is 3.15. The second-order valence-electron chi connectivity index (χ2n) is 5.11. The first-order valence-electron chi connectivity index (χ1n) is 6.90. The third-order valence-corrected chi connectivity index (χ3v) is 4.24. The second kappa shape index (κ2) is 5.30. The predicted molar refractivity (Wildman–Crippen MR) is 81.2 cm³/mol. The van der Waals surface area contributed by atoms with Gasteiger partial charge in [-0.25, -0.2) is 9.67 Å². The molecule has 1 fully saturated rings. The Hall–Kier alpha value is -2.61. The lowest BCUT2D eigenvalue weighted by Gasteiger charge is -2.04. The molecule has 7 nitrogen and oxygen atoms in total. The number of amides is 1. The third kappa shape index (κ3) is 2.60. The van der Waals surface area contributed by atoms with Crippen LogP contribution in [0.5, 0.6) is 0 Å². The highest BCUT2D eigenvalue weighted by molar-refractivity contribution is 7.14. The minimum absolute atomic E-state index is 0.188. The summed E-state index contributed by atoms with van der Waals surface area (Å²) in [5, 5.41) is 16.5. The molecule has 1 aliphatic carbocycles. The smallest absolute Gasteiger partial charge is 0.257 e. The molecule has 0 saturated heterocycles. The number of carbonyl (C=O) groups excluding carboxylic acids is 1. The van der Waals surface area contributed by atoms with Crippen LogP contribution in [0.15, 0.2) is 36.0 Å². The number of aromatic nitrogens is 5. The molecule has 8 heteroatoms. The van der Waals surface area contributed by atoms with E-state index in [2.05, 4.69) is 25.8 Å². The van der Waals surface area contributed by atoms with Gasteiger partial charge in [-0.05, 0) is 41.5 Å². The van der Waals surface area contributed by atoms with Crippen LogP contribution in [-0.4, -0.2) is 31.1 Å². The third-order valence-electron chi connectivity index (χ3n) is 3.46. The summed E-state index contributed by atoms with van der Waals surface area (Å²) < 4.78 is 1.51. The number of nitrogens with one attached hydrogen (secondary N) is 1. The van der Waals surface area contributed by atoms with Gasteiger partial charge in [-0.1, -0.05) is 6.07 Å². The van der Waals surface area contributed by atoms with Crippen LogP contribution in [0.25, 0.3) is 5.69 Å². The van der Waals surface area contributed by atoms with Crippen molar-refractivity contribution >= 4 is 22.4 Å². The summed E-state index contributed by atoms with van der Waals surface area (Å²) in [5.74, 6) is 0.400. The zero-order chi connectivity index (χ0) is 14.9. The summed E-state index contributed by atoms with van der Waals surface area (Å²) in [6, 6.07) is 7.12. The maximum atomic E-state index is 12.3. The van der Waals surface area contributed by atoms with E-state index in [1.807, 2.05) is 11.4 Å². The number of carbonyl (C=O) groups is 1. The van der Waals surface area contributed by atoms with Gasteiger partial charge in [0.2, 0.25) is 0 Å². The molecule has 1 saturated carbocycles. The van der Waals surface area contributed by atoms with E-state index in [9.17, 15) is 4.79 Å². The fraction of sp³-hybridized carbons (Fsp3) is 0.214. The van der Waals surface area contributed by atoms with E-state index in [1.165, 1.54) is 35.2 Å². The zero-order valence-electron chi connectivity index (χ0n) is 11.5. The maximum absolute atomic E-state index is 12.3. The molecule has 0 spiro atoms. The molecular formula is C14H12N6OS. The van der Waals surface area contributed by atoms with Gasteiger partial charge < -0.3 is 0 Å². The number of thiazole rings is 1. The fourth-order valence-corrected chi connectivity index (χ4v) is 2.94. The van der Waals surface area contributed by atoms with Crippen molar-refractivity contribution in [3.05, 3.63) is 47.2 Å². The molecule has 3 aromatic rings. The van der Waals surface area contributed by atoms with Gasteiger partial charge in [0, 0.05) is 16.9 Å². The lowest BCUT2D eigenvalue weighted by molar-refractivity contribution is 0.102. The highest BCUT2D eigenvalue weighted by atomic mass is 32.1. The van der Waals surface area contributed by atoms with Crippen molar-refractivity contribution in [2.45, 2.75) is 18.8 Å². The molecule has 1 aromatic carbocycles. The Balaban J connectivity index is 1.53.